The molecule has 18 heavy (non-hydrogen) atoms. The summed E-state index contributed by atoms with van der Waals surface area (Å²) in [6.45, 7) is 2.71. The minimum atomic E-state index is -0.213. The fourth-order valence-electron chi connectivity index (χ4n) is 2.52. The molecule has 1 aliphatic heterocycles. The summed E-state index contributed by atoms with van der Waals surface area (Å²) >= 11 is 0. The summed E-state index contributed by atoms with van der Waals surface area (Å²) in [5.74, 6) is 5.38. The number of benzene rings is 1. The lowest BCUT2D eigenvalue weighted by atomic mass is 9.96. The minimum absolute atomic E-state index is 0.0532. The highest BCUT2D eigenvalue weighted by molar-refractivity contribution is 5.26. The molecule has 1 heterocycles. The molecular formula is C14H21FN2O. The van der Waals surface area contributed by atoms with E-state index in [1.165, 1.54) is 12.5 Å². The molecule has 0 aromatic heterocycles. The lowest BCUT2D eigenvalue weighted by Gasteiger charge is -2.27. The number of nitrogens with two attached hydrogens (primary N) is 1. The zero-order chi connectivity index (χ0) is 13.0. The second-order valence-corrected chi connectivity index (χ2v) is 5.01. The van der Waals surface area contributed by atoms with E-state index in [1.54, 1.807) is 6.07 Å². The third-order valence-corrected chi connectivity index (χ3v) is 3.44. The van der Waals surface area contributed by atoms with Gasteiger partial charge in [-0.05, 0) is 55.9 Å². The molecule has 0 amide bonds. The van der Waals surface area contributed by atoms with Crippen LogP contribution in [0.4, 0.5) is 4.39 Å². The molecule has 1 aliphatic rings. The number of hydrogen-bond acceptors (Lipinski definition) is 3. The topological polar surface area (TPSA) is 47.3 Å². The second kappa shape index (κ2) is 6.27. The Morgan fingerprint density at radius 3 is 2.89 bits per heavy atom. The van der Waals surface area contributed by atoms with E-state index in [9.17, 15) is 4.39 Å². The number of hydrazine groups is 1. The summed E-state index contributed by atoms with van der Waals surface area (Å²) < 4.78 is 19.1. The number of aryl methyl sites for hydroxylation is 1. The van der Waals surface area contributed by atoms with Crippen LogP contribution >= 0.6 is 0 Å². The van der Waals surface area contributed by atoms with Crippen LogP contribution in [0.5, 0.6) is 0 Å². The van der Waals surface area contributed by atoms with E-state index in [0.29, 0.717) is 0 Å². The first kappa shape index (κ1) is 13.5. The maximum atomic E-state index is 13.4. The first-order chi connectivity index (χ1) is 8.69. The van der Waals surface area contributed by atoms with Gasteiger partial charge in [0.2, 0.25) is 0 Å². The zero-order valence-corrected chi connectivity index (χ0v) is 10.8. The van der Waals surface area contributed by atoms with Gasteiger partial charge in [-0.1, -0.05) is 6.07 Å². The van der Waals surface area contributed by atoms with Crippen molar-refractivity contribution in [1.82, 2.24) is 5.43 Å². The smallest absolute Gasteiger partial charge is 0.123 e. The average Bonchev–Trinajstić information content (AvgIpc) is 2.36. The summed E-state index contributed by atoms with van der Waals surface area (Å²) in [5, 5.41) is 0. The monoisotopic (exact) mass is 252 g/mol. The van der Waals surface area contributed by atoms with Crippen LogP contribution in [0.15, 0.2) is 18.2 Å². The predicted molar refractivity (Wildman–Crippen MR) is 69.4 cm³/mol. The fourth-order valence-corrected chi connectivity index (χ4v) is 2.52. The Balaban J connectivity index is 2.06. The summed E-state index contributed by atoms with van der Waals surface area (Å²) in [5.41, 5.74) is 4.58. The molecule has 1 fully saturated rings. The molecule has 2 atom stereocenters. The molecule has 1 aromatic carbocycles. The molecule has 1 aromatic rings. The Morgan fingerprint density at radius 1 is 1.44 bits per heavy atom. The molecule has 0 aliphatic carbocycles. The molecule has 100 valence electrons. The number of nitrogens with one attached hydrogen (secondary N) is 1. The van der Waals surface area contributed by atoms with Crippen molar-refractivity contribution in [2.24, 2.45) is 5.84 Å². The summed E-state index contributed by atoms with van der Waals surface area (Å²) in [7, 11) is 0. The van der Waals surface area contributed by atoms with Gasteiger partial charge in [0.25, 0.3) is 0 Å². The Morgan fingerprint density at radius 2 is 2.28 bits per heavy atom. The molecule has 0 saturated carbocycles. The van der Waals surface area contributed by atoms with Gasteiger partial charge in [0.05, 0.1) is 6.10 Å². The highest BCUT2D eigenvalue weighted by Gasteiger charge is 2.20. The van der Waals surface area contributed by atoms with E-state index >= 15 is 0 Å². The Hall–Kier alpha value is -0.970. The van der Waals surface area contributed by atoms with E-state index in [4.69, 9.17) is 10.6 Å². The summed E-state index contributed by atoms with van der Waals surface area (Å²) in [4.78, 5) is 0. The average molecular weight is 252 g/mol. The summed E-state index contributed by atoms with van der Waals surface area (Å²) in [6.07, 6.45) is 4.41. The Kier molecular flexibility index (Phi) is 4.69. The van der Waals surface area contributed by atoms with Gasteiger partial charge in [0, 0.05) is 12.6 Å². The van der Waals surface area contributed by atoms with Gasteiger partial charge in [-0.3, -0.25) is 11.3 Å². The van der Waals surface area contributed by atoms with Crippen LogP contribution in [-0.4, -0.2) is 12.7 Å². The van der Waals surface area contributed by atoms with E-state index in [2.05, 4.69) is 5.43 Å². The van der Waals surface area contributed by atoms with Crippen molar-refractivity contribution in [3.63, 3.8) is 0 Å². The molecule has 2 unspecified atom stereocenters. The van der Waals surface area contributed by atoms with Gasteiger partial charge >= 0.3 is 0 Å². The van der Waals surface area contributed by atoms with Crippen molar-refractivity contribution < 1.29 is 9.13 Å². The van der Waals surface area contributed by atoms with E-state index < -0.39 is 0 Å². The predicted octanol–water partition coefficient (Wildman–Crippen LogP) is 2.60. The van der Waals surface area contributed by atoms with Crippen LogP contribution in [0, 0.1) is 12.7 Å². The molecule has 0 radical (unpaired) electrons. The molecule has 0 bridgehead atoms. The lowest BCUT2D eigenvalue weighted by Crippen LogP contribution is -2.33. The largest absolute Gasteiger partial charge is 0.378 e. The minimum Gasteiger partial charge on any atom is -0.378 e. The first-order valence-electron chi connectivity index (χ1n) is 6.54. The third kappa shape index (κ3) is 3.51. The maximum absolute atomic E-state index is 13.4. The molecule has 2 rings (SSSR count). The third-order valence-electron chi connectivity index (χ3n) is 3.44. The van der Waals surface area contributed by atoms with Crippen molar-refractivity contribution in [3.05, 3.63) is 35.1 Å². The fraction of sp³-hybridized carbons (Fsp3) is 0.571. The Bertz CT molecular complexity index is 371. The highest BCUT2D eigenvalue weighted by atomic mass is 19.1. The van der Waals surface area contributed by atoms with E-state index in [-0.39, 0.29) is 18.0 Å². The SMILES string of the molecule is Cc1cc(F)cc(C(CC2CCCCO2)NN)c1. The van der Waals surface area contributed by atoms with Gasteiger partial charge < -0.3 is 4.74 Å². The van der Waals surface area contributed by atoms with Crippen molar-refractivity contribution >= 4 is 0 Å². The quantitative estimate of drug-likeness (QED) is 0.639. The molecule has 1 saturated heterocycles. The maximum Gasteiger partial charge on any atom is 0.123 e. The zero-order valence-electron chi connectivity index (χ0n) is 10.8. The molecule has 0 spiro atoms. The molecule has 4 heteroatoms. The summed E-state index contributed by atoms with van der Waals surface area (Å²) in [6, 6.07) is 4.98. The van der Waals surface area contributed by atoms with Crippen molar-refractivity contribution in [3.8, 4) is 0 Å². The van der Waals surface area contributed by atoms with Gasteiger partial charge in [0.1, 0.15) is 5.82 Å². The van der Waals surface area contributed by atoms with E-state index in [1.807, 2.05) is 13.0 Å². The van der Waals surface area contributed by atoms with Crippen LogP contribution in [0.3, 0.4) is 0 Å². The van der Waals surface area contributed by atoms with Crippen molar-refractivity contribution in [2.75, 3.05) is 6.61 Å². The van der Waals surface area contributed by atoms with Crippen LogP contribution in [-0.2, 0) is 4.74 Å². The normalized spacial score (nSPS) is 21.8. The van der Waals surface area contributed by atoms with Crippen molar-refractivity contribution in [2.45, 2.75) is 44.8 Å². The van der Waals surface area contributed by atoms with Crippen LogP contribution in [0.25, 0.3) is 0 Å². The number of halogens is 1. The van der Waals surface area contributed by atoms with Gasteiger partial charge in [-0.15, -0.1) is 0 Å². The lowest BCUT2D eigenvalue weighted by molar-refractivity contribution is 0.00500. The van der Waals surface area contributed by atoms with Crippen LogP contribution in [0.2, 0.25) is 0 Å². The first-order valence-corrected chi connectivity index (χ1v) is 6.54. The number of hydrogen-bond donors (Lipinski definition) is 2. The van der Waals surface area contributed by atoms with Gasteiger partial charge in [-0.25, -0.2) is 4.39 Å². The van der Waals surface area contributed by atoms with Gasteiger partial charge in [-0.2, -0.15) is 0 Å². The van der Waals surface area contributed by atoms with Gasteiger partial charge in [0.15, 0.2) is 0 Å². The number of rotatable bonds is 4. The van der Waals surface area contributed by atoms with Crippen LogP contribution in [0.1, 0.15) is 42.9 Å². The molecular weight excluding hydrogens is 231 g/mol. The standard InChI is InChI=1S/C14H21FN2O/c1-10-6-11(8-12(15)7-10)14(17-16)9-13-4-2-3-5-18-13/h6-8,13-14,17H,2-5,9,16H2,1H3. The second-order valence-electron chi connectivity index (χ2n) is 5.01. The highest BCUT2D eigenvalue weighted by Crippen LogP contribution is 2.25. The molecule has 3 nitrogen and oxygen atoms in total. The van der Waals surface area contributed by atoms with E-state index in [0.717, 1.165) is 37.0 Å². The Labute approximate surface area is 107 Å². The van der Waals surface area contributed by atoms with Crippen LogP contribution < -0.4 is 11.3 Å². The van der Waals surface area contributed by atoms with Crippen molar-refractivity contribution in [1.29, 1.82) is 0 Å². The number of ether oxygens (including phenoxy) is 1. The molecule has 3 N–H and O–H groups in total.